The van der Waals surface area contributed by atoms with Crippen LogP contribution in [-0.4, -0.2) is 48.9 Å². The van der Waals surface area contributed by atoms with Crippen LogP contribution >= 0.6 is 12.4 Å². The summed E-state index contributed by atoms with van der Waals surface area (Å²) in [4.78, 5) is 26.4. The van der Waals surface area contributed by atoms with Gasteiger partial charge >= 0.3 is 0 Å². The van der Waals surface area contributed by atoms with Gasteiger partial charge in [0.15, 0.2) is 0 Å². The molecule has 2 N–H and O–H groups in total. The van der Waals surface area contributed by atoms with E-state index in [2.05, 4.69) is 10.6 Å². The van der Waals surface area contributed by atoms with Crippen molar-refractivity contribution in [2.45, 2.75) is 26.3 Å². The molecule has 0 aromatic heterocycles. The van der Waals surface area contributed by atoms with Crippen molar-refractivity contribution >= 4 is 24.2 Å². The van der Waals surface area contributed by atoms with Gasteiger partial charge in [-0.05, 0) is 31.5 Å². The SMILES string of the molecule is CCCNC(=O)c1cccc(C(=O)N2CCNC[C@@H]2C)c1.Cl. The fourth-order valence-electron chi connectivity index (χ4n) is 2.44. The van der Waals surface area contributed by atoms with Crippen molar-refractivity contribution < 1.29 is 9.59 Å². The van der Waals surface area contributed by atoms with Crippen molar-refractivity contribution in [3.63, 3.8) is 0 Å². The summed E-state index contributed by atoms with van der Waals surface area (Å²) >= 11 is 0. The Hall–Kier alpha value is -1.59. The average Bonchev–Trinajstić information content (AvgIpc) is 2.52. The molecular weight excluding hydrogens is 302 g/mol. The molecule has 0 radical (unpaired) electrons. The van der Waals surface area contributed by atoms with Crippen LogP contribution in [-0.2, 0) is 0 Å². The van der Waals surface area contributed by atoms with E-state index in [1.54, 1.807) is 24.3 Å². The lowest BCUT2D eigenvalue weighted by Crippen LogP contribution is -2.52. The molecule has 1 heterocycles. The van der Waals surface area contributed by atoms with Gasteiger partial charge in [-0.25, -0.2) is 0 Å². The quantitative estimate of drug-likeness (QED) is 0.885. The van der Waals surface area contributed by atoms with E-state index in [4.69, 9.17) is 0 Å². The number of nitrogens with zero attached hydrogens (tertiary/aromatic N) is 1. The van der Waals surface area contributed by atoms with Gasteiger partial charge in [0, 0.05) is 43.3 Å². The number of piperazine rings is 1. The molecular formula is C16H24ClN3O2. The Labute approximate surface area is 137 Å². The molecule has 22 heavy (non-hydrogen) atoms. The molecule has 0 saturated carbocycles. The topological polar surface area (TPSA) is 61.4 Å². The van der Waals surface area contributed by atoms with Crippen molar-refractivity contribution in [3.05, 3.63) is 35.4 Å². The van der Waals surface area contributed by atoms with E-state index in [0.717, 1.165) is 19.5 Å². The average molecular weight is 326 g/mol. The second-order valence-electron chi connectivity index (χ2n) is 5.39. The van der Waals surface area contributed by atoms with Crippen molar-refractivity contribution in [2.75, 3.05) is 26.2 Å². The smallest absolute Gasteiger partial charge is 0.254 e. The molecule has 1 aliphatic heterocycles. The first-order chi connectivity index (χ1) is 10.1. The maximum Gasteiger partial charge on any atom is 0.254 e. The Kier molecular flexibility index (Phi) is 7.35. The first-order valence-corrected chi connectivity index (χ1v) is 7.53. The van der Waals surface area contributed by atoms with Gasteiger partial charge in [-0.15, -0.1) is 12.4 Å². The molecule has 0 unspecified atom stereocenters. The van der Waals surface area contributed by atoms with Gasteiger partial charge in [0.1, 0.15) is 0 Å². The summed E-state index contributed by atoms with van der Waals surface area (Å²) in [5.41, 5.74) is 1.12. The number of nitrogens with one attached hydrogen (secondary N) is 2. The molecule has 1 aliphatic rings. The molecule has 122 valence electrons. The third-order valence-electron chi connectivity index (χ3n) is 3.67. The van der Waals surface area contributed by atoms with Gasteiger partial charge in [-0.3, -0.25) is 9.59 Å². The first-order valence-electron chi connectivity index (χ1n) is 7.53. The third-order valence-corrected chi connectivity index (χ3v) is 3.67. The number of carbonyl (C=O) groups excluding carboxylic acids is 2. The van der Waals surface area contributed by atoms with Gasteiger partial charge in [-0.2, -0.15) is 0 Å². The van der Waals surface area contributed by atoms with E-state index in [0.29, 0.717) is 24.2 Å². The zero-order valence-electron chi connectivity index (χ0n) is 13.1. The predicted octanol–water partition coefficient (Wildman–Crippen LogP) is 1.68. The van der Waals surface area contributed by atoms with Crippen LogP contribution in [0.1, 0.15) is 41.0 Å². The maximum absolute atomic E-state index is 12.6. The summed E-state index contributed by atoms with van der Waals surface area (Å²) in [7, 11) is 0. The Bertz CT molecular complexity index is 522. The highest BCUT2D eigenvalue weighted by Gasteiger charge is 2.24. The van der Waals surface area contributed by atoms with Crippen molar-refractivity contribution in [3.8, 4) is 0 Å². The van der Waals surface area contributed by atoms with E-state index in [-0.39, 0.29) is 30.3 Å². The maximum atomic E-state index is 12.6. The lowest BCUT2D eigenvalue weighted by Gasteiger charge is -2.34. The van der Waals surface area contributed by atoms with Crippen LogP contribution in [0.2, 0.25) is 0 Å². The van der Waals surface area contributed by atoms with Gasteiger partial charge in [0.25, 0.3) is 11.8 Å². The molecule has 1 fully saturated rings. The van der Waals surface area contributed by atoms with E-state index in [1.807, 2.05) is 18.7 Å². The molecule has 1 atom stereocenters. The van der Waals surface area contributed by atoms with Crippen LogP contribution in [0.25, 0.3) is 0 Å². The Morgan fingerprint density at radius 2 is 2.09 bits per heavy atom. The van der Waals surface area contributed by atoms with Crippen LogP contribution in [0.3, 0.4) is 0 Å². The van der Waals surface area contributed by atoms with E-state index in [1.165, 1.54) is 0 Å². The summed E-state index contributed by atoms with van der Waals surface area (Å²) in [6.07, 6.45) is 0.892. The van der Waals surface area contributed by atoms with Crippen molar-refractivity contribution in [2.24, 2.45) is 0 Å². The van der Waals surface area contributed by atoms with Gasteiger partial charge in [0.05, 0.1) is 0 Å². The first kappa shape index (κ1) is 18.5. The lowest BCUT2D eigenvalue weighted by atomic mass is 10.1. The minimum atomic E-state index is -0.125. The molecule has 2 rings (SSSR count). The Balaban J connectivity index is 0.00000242. The molecule has 0 spiro atoms. The minimum Gasteiger partial charge on any atom is -0.352 e. The lowest BCUT2D eigenvalue weighted by molar-refractivity contribution is 0.0656. The van der Waals surface area contributed by atoms with E-state index >= 15 is 0 Å². The molecule has 1 aromatic rings. The summed E-state index contributed by atoms with van der Waals surface area (Å²) in [6, 6.07) is 7.13. The number of halogens is 1. The molecule has 2 amide bonds. The minimum absolute atomic E-state index is 0. The van der Waals surface area contributed by atoms with Gasteiger partial charge in [0.2, 0.25) is 0 Å². The zero-order valence-corrected chi connectivity index (χ0v) is 13.9. The largest absolute Gasteiger partial charge is 0.352 e. The third kappa shape index (κ3) is 4.45. The van der Waals surface area contributed by atoms with Crippen LogP contribution in [0, 0.1) is 0 Å². The zero-order chi connectivity index (χ0) is 15.2. The van der Waals surface area contributed by atoms with Crippen LogP contribution in [0.15, 0.2) is 24.3 Å². The van der Waals surface area contributed by atoms with Crippen molar-refractivity contribution in [1.82, 2.24) is 15.5 Å². The monoisotopic (exact) mass is 325 g/mol. The molecule has 6 heteroatoms. The predicted molar refractivity (Wildman–Crippen MR) is 89.7 cm³/mol. The number of amides is 2. The number of benzene rings is 1. The Morgan fingerprint density at radius 1 is 1.36 bits per heavy atom. The van der Waals surface area contributed by atoms with E-state index in [9.17, 15) is 9.59 Å². The van der Waals surface area contributed by atoms with Gasteiger partial charge in [-0.1, -0.05) is 13.0 Å². The summed E-state index contributed by atoms with van der Waals surface area (Å²) in [6.45, 7) is 7.00. The molecule has 0 bridgehead atoms. The summed E-state index contributed by atoms with van der Waals surface area (Å²) in [5.74, 6) is -0.131. The number of hydrogen-bond acceptors (Lipinski definition) is 3. The normalized spacial score (nSPS) is 17.5. The Morgan fingerprint density at radius 3 is 2.77 bits per heavy atom. The molecule has 0 aliphatic carbocycles. The molecule has 5 nitrogen and oxygen atoms in total. The summed E-state index contributed by atoms with van der Waals surface area (Å²) < 4.78 is 0. The van der Waals surface area contributed by atoms with Crippen LogP contribution in [0.4, 0.5) is 0 Å². The molecule has 1 saturated heterocycles. The number of hydrogen-bond donors (Lipinski definition) is 2. The molecule has 1 aromatic carbocycles. The van der Waals surface area contributed by atoms with Crippen molar-refractivity contribution in [1.29, 1.82) is 0 Å². The fraction of sp³-hybridized carbons (Fsp3) is 0.500. The summed E-state index contributed by atoms with van der Waals surface area (Å²) in [5, 5.41) is 6.09. The second kappa shape index (κ2) is 8.76. The fourth-order valence-corrected chi connectivity index (χ4v) is 2.44. The highest BCUT2D eigenvalue weighted by Crippen LogP contribution is 2.12. The van der Waals surface area contributed by atoms with Gasteiger partial charge < -0.3 is 15.5 Å². The second-order valence-corrected chi connectivity index (χ2v) is 5.39. The number of carbonyl (C=O) groups is 2. The highest BCUT2D eigenvalue weighted by atomic mass is 35.5. The number of rotatable bonds is 4. The van der Waals surface area contributed by atoms with E-state index < -0.39 is 0 Å². The van der Waals surface area contributed by atoms with Crippen LogP contribution < -0.4 is 10.6 Å². The van der Waals surface area contributed by atoms with Crippen LogP contribution in [0.5, 0.6) is 0 Å². The standard InChI is InChI=1S/C16H23N3O2.ClH/c1-3-7-18-15(20)13-5-4-6-14(10-13)16(21)19-9-8-17-11-12(19)2;/h4-6,10,12,17H,3,7-9,11H2,1-2H3,(H,18,20);1H/t12-;/m0./s1. The highest BCUT2D eigenvalue weighted by molar-refractivity contribution is 5.99.